The fourth-order valence-electron chi connectivity index (χ4n) is 1.83. The molecule has 0 aliphatic carbocycles. The van der Waals surface area contributed by atoms with Gasteiger partial charge in [-0.05, 0) is 17.5 Å². The Kier molecular flexibility index (Phi) is 1.86. The van der Waals surface area contributed by atoms with Gasteiger partial charge < -0.3 is 0 Å². The number of nitrogens with zero attached hydrogens (tertiary/aromatic N) is 1. The molecule has 15 heavy (non-hydrogen) atoms. The van der Waals surface area contributed by atoms with Crippen LogP contribution in [0.4, 0.5) is 0 Å². The number of aromatic nitrogens is 1. The summed E-state index contributed by atoms with van der Waals surface area (Å²) in [4.78, 5) is 4.39. The lowest BCUT2D eigenvalue weighted by molar-refractivity contribution is 1.44. The first kappa shape index (κ1) is 8.69. The zero-order chi connectivity index (χ0) is 10.3. The molecule has 0 radical (unpaired) electrons. The highest BCUT2D eigenvalue weighted by molar-refractivity contribution is 6.31. The van der Waals surface area contributed by atoms with E-state index in [-0.39, 0.29) is 0 Å². The van der Waals surface area contributed by atoms with E-state index in [0.29, 0.717) is 0 Å². The lowest BCUT2D eigenvalue weighted by Crippen LogP contribution is -1.81. The van der Waals surface area contributed by atoms with Gasteiger partial charge in [0.15, 0.2) is 0 Å². The van der Waals surface area contributed by atoms with Crippen molar-refractivity contribution in [3.05, 3.63) is 53.7 Å². The van der Waals surface area contributed by atoms with Gasteiger partial charge in [-0.2, -0.15) is 0 Å². The second kappa shape index (κ2) is 3.21. The fourth-order valence-corrected chi connectivity index (χ4v) is 2.00. The molecular weight excluding hydrogens is 206 g/mol. The van der Waals surface area contributed by atoms with Crippen LogP contribution in [0.25, 0.3) is 21.7 Å². The quantitative estimate of drug-likeness (QED) is 0.514. The standard InChI is InChI=1S/C13H8ClN/c14-10-5-6-12-11-4-2-1-3-9(11)8-15-13(12)7-10/h1-8H. The highest BCUT2D eigenvalue weighted by Crippen LogP contribution is 2.25. The van der Waals surface area contributed by atoms with Crippen LogP contribution in [0.1, 0.15) is 0 Å². The van der Waals surface area contributed by atoms with E-state index in [4.69, 9.17) is 11.6 Å². The van der Waals surface area contributed by atoms with Gasteiger partial charge >= 0.3 is 0 Å². The van der Waals surface area contributed by atoms with Gasteiger partial charge in [-0.1, -0.05) is 41.9 Å². The van der Waals surface area contributed by atoms with Crippen molar-refractivity contribution in [1.29, 1.82) is 0 Å². The predicted molar refractivity (Wildman–Crippen MR) is 64.3 cm³/mol. The average Bonchev–Trinajstić information content (AvgIpc) is 2.28. The third-order valence-electron chi connectivity index (χ3n) is 2.55. The molecule has 3 rings (SSSR count). The minimum absolute atomic E-state index is 0.727. The van der Waals surface area contributed by atoms with E-state index >= 15 is 0 Å². The lowest BCUT2D eigenvalue weighted by atomic mass is 10.1. The molecule has 0 aliphatic heterocycles. The molecule has 0 aliphatic rings. The van der Waals surface area contributed by atoms with E-state index in [1.54, 1.807) is 0 Å². The van der Waals surface area contributed by atoms with Crippen molar-refractivity contribution in [3.63, 3.8) is 0 Å². The van der Waals surface area contributed by atoms with Crippen molar-refractivity contribution < 1.29 is 0 Å². The number of halogens is 1. The monoisotopic (exact) mass is 213 g/mol. The maximum Gasteiger partial charge on any atom is 0.0723 e. The topological polar surface area (TPSA) is 12.9 Å². The number of pyridine rings is 1. The number of fused-ring (bicyclic) bond motifs is 3. The van der Waals surface area contributed by atoms with E-state index in [0.717, 1.165) is 21.3 Å². The molecule has 72 valence electrons. The summed E-state index contributed by atoms with van der Waals surface area (Å²) in [6, 6.07) is 14.0. The Balaban J connectivity index is 2.55. The molecule has 1 heterocycles. The Morgan fingerprint density at radius 3 is 2.73 bits per heavy atom. The molecule has 0 unspecified atom stereocenters. The molecule has 0 saturated carbocycles. The van der Waals surface area contributed by atoms with Gasteiger partial charge in [-0.3, -0.25) is 4.98 Å². The second-order valence-electron chi connectivity index (χ2n) is 3.51. The van der Waals surface area contributed by atoms with Crippen molar-refractivity contribution in [2.45, 2.75) is 0 Å². The molecule has 3 aromatic rings. The van der Waals surface area contributed by atoms with Crippen molar-refractivity contribution in [2.75, 3.05) is 0 Å². The van der Waals surface area contributed by atoms with Crippen LogP contribution in [0.5, 0.6) is 0 Å². The molecule has 0 saturated heterocycles. The predicted octanol–water partition coefficient (Wildman–Crippen LogP) is 4.04. The number of hydrogen-bond donors (Lipinski definition) is 0. The average molecular weight is 214 g/mol. The van der Waals surface area contributed by atoms with E-state index in [9.17, 15) is 0 Å². The summed E-state index contributed by atoms with van der Waals surface area (Å²) in [5.41, 5.74) is 0.946. The maximum absolute atomic E-state index is 5.93. The Morgan fingerprint density at radius 1 is 0.933 bits per heavy atom. The van der Waals surface area contributed by atoms with E-state index < -0.39 is 0 Å². The summed E-state index contributed by atoms with van der Waals surface area (Å²) >= 11 is 5.93. The summed E-state index contributed by atoms with van der Waals surface area (Å²) in [6.07, 6.45) is 1.88. The minimum atomic E-state index is 0.727. The molecule has 0 amide bonds. The smallest absolute Gasteiger partial charge is 0.0723 e. The van der Waals surface area contributed by atoms with E-state index in [1.807, 2.05) is 36.5 Å². The molecule has 0 bridgehead atoms. The Morgan fingerprint density at radius 2 is 1.80 bits per heavy atom. The minimum Gasteiger partial charge on any atom is -0.256 e. The second-order valence-corrected chi connectivity index (χ2v) is 3.94. The molecule has 0 spiro atoms. The Bertz CT molecular complexity index is 646. The third kappa shape index (κ3) is 1.36. The molecule has 1 nitrogen and oxygen atoms in total. The van der Waals surface area contributed by atoms with E-state index in [1.165, 1.54) is 5.39 Å². The highest BCUT2D eigenvalue weighted by atomic mass is 35.5. The normalized spacial score (nSPS) is 11.0. The van der Waals surface area contributed by atoms with Crippen molar-refractivity contribution in [1.82, 2.24) is 4.98 Å². The summed E-state index contributed by atoms with van der Waals surface area (Å²) in [7, 11) is 0. The van der Waals surface area contributed by atoms with Crippen LogP contribution in [-0.2, 0) is 0 Å². The molecule has 2 heteroatoms. The summed E-state index contributed by atoms with van der Waals surface area (Å²) in [6.45, 7) is 0. The van der Waals surface area contributed by atoms with Crippen LogP contribution in [0.3, 0.4) is 0 Å². The summed E-state index contributed by atoms with van der Waals surface area (Å²) < 4.78 is 0. The number of benzene rings is 2. The van der Waals surface area contributed by atoms with Crippen molar-refractivity contribution >= 4 is 33.3 Å². The highest BCUT2D eigenvalue weighted by Gasteiger charge is 2.00. The van der Waals surface area contributed by atoms with Crippen molar-refractivity contribution in [3.8, 4) is 0 Å². The van der Waals surface area contributed by atoms with Gasteiger partial charge in [-0.25, -0.2) is 0 Å². The first-order valence-electron chi connectivity index (χ1n) is 4.77. The molecule has 0 N–H and O–H groups in total. The number of hydrogen-bond acceptors (Lipinski definition) is 1. The zero-order valence-electron chi connectivity index (χ0n) is 7.94. The first-order chi connectivity index (χ1) is 7.34. The first-order valence-corrected chi connectivity index (χ1v) is 5.15. The molecule has 1 aromatic heterocycles. The molecule has 0 fully saturated rings. The third-order valence-corrected chi connectivity index (χ3v) is 2.79. The fraction of sp³-hybridized carbons (Fsp3) is 0. The summed E-state index contributed by atoms with van der Waals surface area (Å²) in [5, 5.41) is 4.26. The Hall–Kier alpha value is -1.60. The zero-order valence-corrected chi connectivity index (χ0v) is 8.70. The van der Waals surface area contributed by atoms with E-state index in [2.05, 4.69) is 17.1 Å². The number of rotatable bonds is 0. The van der Waals surface area contributed by atoms with Crippen LogP contribution in [0.15, 0.2) is 48.7 Å². The molecule has 0 atom stereocenters. The van der Waals surface area contributed by atoms with Crippen LogP contribution in [0, 0.1) is 0 Å². The van der Waals surface area contributed by atoms with Gasteiger partial charge in [0.25, 0.3) is 0 Å². The lowest BCUT2D eigenvalue weighted by Gasteiger charge is -2.02. The van der Waals surface area contributed by atoms with Gasteiger partial charge in [0.05, 0.1) is 5.52 Å². The molecule has 2 aromatic carbocycles. The van der Waals surface area contributed by atoms with Crippen LogP contribution < -0.4 is 0 Å². The van der Waals surface area contributed by atoms with Gasteiger partial charge in [0.2, 0.25) is 0 Å². The SMILES string of the molecule is Clc1ccc2c(c1)ncc1ccccc12. The van der Waals surface area contributed by atoms with Gasteiger partial charge in [0, 0.05) is 22.0 Å². The largest absolute Gasteiger partial charge is 0.256 e. The Labute approximate surface area is 92.3 Å². The van der Waals surface area contributed by atoms with Crippen LogP contribution in [0.2, 0.25) is 5.02 Å². The van der Waals surface area contributed by atoms with Gasteiger partial charge in [-0.15, -0.1) is 0 Å². The van der Waals surface area contributed by atoms with Crippen LogP contribution in [-0.4, -0.2) is 4.98 Å². The summed E-state index contributed by atoms with van der Waals surface area (Å²) in [5.74, 6) is 0. The maximum atomic E-state index is 5.93. The van der Waals surface area contributed by atoms with Crippen molar-refractivity contribution in [2.24, 2.45) is 0 Å². The van der Waals surface area contributed by atoms with Gasteiger partial charge in [0.1, 0.15) is 0 Å². The molecular formula is C13H8ClN. The van der Waals surface area contributed by atoms with Crippen LogP contribution >= 0.6 is 11.6 Å².